The fraction of sp³-hybridized carbons (Fsp3) is 0.875. The molecule has 0 aromatic rings. The van der Waals surface area contributed by atoms with Gasteiger partial charge in [0.1, 0.15) is 4.75 Å². The van der Waals surface area contributed by atoms with Gasteiger partial charge in [0.15, 0.2) is 0 Å². The largest absolute Gasteiger partial charge is 0.468 e. The molecule has 0 aromatic heterocycles. The number of hydrogen-bond donors (Lipinski definition) is 0. The maximum Gasteiger partial charge on any atom is 0.321 e. The third kappa shape index (κ3) is 1.53. The van der Waals surface area contributed by atoms with E-state index in [1.807, 2.05) is 0 Å². The van der Waals surface area contributed by atoms with Crippen LogP contribution in [-0.2, 0) is 9.53 Å². The first-order valence-corrected chi connectivity index (χ1v) is 4.96. The summed E-state index contributed by atoms with van der Waals surface area (Å²) in [5.41, 5.74) is 0. The van der Waals surface area contributed by atoms with Gasteiger partial charge in [-0.2, -0.15) is 0 Å². The molecule has 1 aliphatic rings. The van der Waals surface area contributed by atoms with Crippen LogP contribution in [0.2, 0.25) is 0 Å². The van der Waals surface area contributed by atoms with Crippen LogP contribution < -0.4 is 0 Å². The minimum absolute atomic E-state index is 0.0319. The summed E-state index contributed by atoms with van der Waals surface area (Å²) in [6.45, 7) is 2.08. The van der Waals surface area contributed by atoms with Gasteiger partial charge in [-0.25, -0.2) is 0 Å². The van der Waals surface area contributed by atoms with Gasteiger partial charge in [0.2, 0.25) is 0 Å². The zero-order valence-electron chi connectivity index (χ0n) is 7.05. The molecule has 0 N–H and O–H groups in total. The van der Waals surface area contributed by atoms with Gasteiger partial charge in [-0.1, -0.05) is 6.92 Å². The summed E-state index contributed by atoms with van der Waals surface area (Å²) in [6, 6.07) is 0. The highest BCUT2D eigenvalue weighted by Gasteiger charge is 2.45. The van der Waals surface area contributed by atoms with Gasteiger partial charge < -0.3 is 4.74 Å². The van der Waals surface area contributed by atoms with Crippen molar-refractivity contribution in [2.45, 2.75) is 30.9 Å². The summed E-state index contributed by atoms with van der Waals surface area (Å²) in [6.07, 6.45) is 3.17. The van der Waals surface area contributed by atoms with E-state index in [0.717, 1.165) is 18.6 Å². The smallest absolute Gasteiger partial charge is 0.321 e. The first kappa shape index (κ1) is 8.91. The van der Waals surface area contributed by atoms with E-state index in [2.05, 4.69) is 6.92 Å². The second-order valence-electron chi connectivity index (χ2n) is 2.77. The highest BCUT2D eigenvalue weighted by atomic mass is 32.2. The number of esters is 1. The Bertz CT molecular complexity index is 152. The Morgan fingerprint density at radius 2 is 2.27 bits per heavy atom. The normalized spacial score (nSPS) is 20.5. The van der Waals surface area contributed by atoms with E-state index in [4.69, 9.17) is 4.74 Å². The fourth-order valence-electron chi connectivity index (χ4n) is 1.37. The molecule has 0 heterocycles. The highest BCUT2D eigenvalue weighted by molar-refractivity contribution is 8.01. The summed E-state index contributed by atoms with van der Waals surface area (Å²) in [5.74, 6) is 0.963. The van der Waals surface area contributed by atoms with Crippen molar-refractivity contribution in [1.82, 2.24) is 0 Å². The number of carbonyl (C=O) groups is 1. The average Bonchev–Trinajstić information content (AvgIpc) is 1.95. The molecule has 0 aromatic carbocycles. The van der Waals surface area contributed by atoms with E-state index in [1.54, 1.807) is 11.8 Å². The summed E-state index contributed by atoms with van der Waals surface area (Å²) in [7, 11) is 1.47. The molecule has 1 saturated carbocycles. The molecule has 0 unspecified atom stereocenters. The van der Waals surface area contributed by atoms with Crippen LogP contribution >= 0.6 is 11.8 Å². The van der Waals surface area contributed by atoms with Crippen LogP contribution in [0, 0.1) is 0 Å². The standard InChI is InChI=1S/C8H14O2S/c1-3-11-8(5-4-6-8)7(9)10-2/h3-6H2,1-2H3. The summed E-state index contributed by atoms with van der Waals surface area (Å²) >= 11 is 1.72. The number of thioether (sulfide) groups is 1. The zero-order chi connectivity index (χ0) is 8.32. The molecule has 0 atom stereocenters. The predicted molar refractivity (Wildman–Crippen MR) is 46.7 cm³/mol. The zero-order valence-corrected chi connectivity index (χ0v) is 7.87. The number of carbonyl (C=O) groups excluding carboxylic acids is 1. The second kappa shape index (κ2) is 3.48. The van der Waals surface area contributed by atoms with Crippen LogP contribution in [0.5, 0.6) is 0 Å². The number of hydrogen-bond acceptors (Lipinski definition) is 3. The molecule has 1 aliphatic carbocycles. The molecule has 11 heavy (non-hydrogen) atoms. The van der Waals surface area contributed by atoms with E-state index in [0.29, 0.717) is 0 Å². The molecule has 0 bridgehead atoms. The van der Waals surface area contributed by atoms with Crippen LogP contribution in [0.4, 0.5) is 0 Å². The molecular weight excluding hydrogens is 160 g/mol. The van der Waals surface area contributed by atoms with Crippen molar-refractivity contribution in [3.05, 3.63) is 0 Å². The Hall–Kier alpha value is -0.180. The average molecular weight is 174 g/mol. The van der Waals surface area contributed by atoms with Crippen molar-refractivity contribution in [3.63, 3.8) is 0 Å². The molecule has 1 fully saturated rings. The van der Waals surface area contributed by atoms with Crippen LogP contribution in [0.15, 0.2) is 0 Å². The van der Waals surface area contributed by atoms with Crippen LogP contribution in [0.3, 0.4) is 0 Å². The van der Waals surface area contributed by atoms with Gasteiger partial charge in [0, 0.05) is 0 Å². The lowest BCUT2D eigenvalue weighted by Gasteiger charge is -2.37. The quantitative estimate of drug-likeness (QED) is 0.611. The van der Waals surface area contributed by atoms with Crippen molar-refractivity contribution in [3.8, 4) is 0 Å². The van der Waals surface area contributed by atoms with E-state index >= 15 is 0 Å². The molecule has 1 rings (SSSR count). The molecule has 0 aliphatic heterocycles. The Labute approximate surface area is 71.7 Å². The number of methoxy groups -OCH3 is 1. The first-order chi connectivity index (χ1) is 5.25. The Morgan fingerprint density at radius 1 is 1.64 bits per heavy atom. The maximum atomic E-state index is 11.3. The van der Waals surface area contributed by atoms with E-state index in [-0.39, 0.29) is 10.7 Å². The predicted octanol–water partition coefficient (Wildman–Crippen LogP) is 1.84. The Kier molecular flexibility index (Phi) is 2.82. The third-order valence-electron chi connectivity index (χ3n) is 2.14. The SMILES string of the molecule is CCSC1(C(=O)OC)CCC1. The lowest BCUT2D eigenvalue weighted by Crippen LogP contribution is -2.43. The topological polar surface area (TPSA) is 26.3 Å². The van der Waals surface area contributed by atoms with Gasteiger partial charge in [-0.3, -0.25) is 4.79 Å². The molecule has 64 valence electrons. The Morgan fingerprint density at radius 3 is 2.55 bits per heavy atom. The third-order valence-corrected chi connectivity index (χ3v) is 3.56. The van der Waals surface area contributed by atoms with Gasteiger partial charge in [0.05, 0.1) is 7.11 Å². The lowest BCUT2D eigenvalue weighted by atomic mass is 9.84. The minimum atomic E-state index is -0.163. The number of rotatable bonds is 3. The van der Waals surface area contributed by atoms with Crippen molar-refractivity contribution >= 4 is 17.7 Å². The molecule has 0 radical (unpaired) electrons. The van der Waals surface area contributed by atoms with Crippen LogP contribution in [0.1, 0.15) is 26.2 Å². The van der Waals surface area contributed by atoms with Crippen molar-refractivity contribution in [2.75, 3.05) is 12.9 Å². The maximum absolute atomic E-state index is 11.3. The summed E-state index contributed by atoms with van der Waals surface area (Å²) in [5, 5.41) is 0. The molecule has 0 amide bonds. The van der Waals surface area contributed by atoms with E-state index in [1.165, 1.54) is 13.5 Å². The number of ether oxygens (including phenoxy) is 1. The van der Waals surface area contributed by atoms with E-state index < -0.39 is 0 Å². The van der Waals surface area contributed by atoms with Gasteiger partial charge in [-0.15, -0.1) is 11.8 Å². The summed E-state index contributed by atoms with van der Waals surface area (Å²) < 4.78 is 4.59. The molecule has 3 heteroatoms. The van der Waals surface area contributed by atoms with Crippen molar-refractivity contribution < 1.29 is 9.53 Å². The minimum Gasteiger partial charge on any atom is -0.468 e. The summed E-state index contributed by atoms with van der Waals surface area (Å²) in [4.78, 5) is 11.3. The fourth-order valence-corrected chi connectivity index (χ4v) is 2.70. The molecule has 2 nitrogen and oxygen atoms in total. The second-order valence-corrected chi connectivity index (χ2v) is 4.42. The Balaban J connectivity index is 2.52. The lowest BCUT2D eigenvalue weighted by molar-refractivity contribution is -0.145. The molecule has 0 spiro atoms. The van der Waals surface area contributed by atoms with Crippen LogP contribution in [0.25, 0.3) is 0 Å². The van der Waals surface area contributed by atoms with Gasteiger partial charge in [0.25, 0.3) is 0 Å². The highest BCUT2D eigenvalue weighted by Crippen LogP contribution is 2.44. The van der Waals surface area contributed by atoms with Gasteiger partial charge in [-0.05, 0) is 25.0 Å². The first-order valence-electron chi connectivity index (χ1n) is 3.97. The van der Waals surface area contributed by atoms with Gasteiger partial charge >= 0.3 is 5.97 Å². The molecular formula is C8H14O2S. The monoisotopic (exact) mass is 174 g/mol. The molecule has 0 saturated heterocycles. The van der Waals surface area contributed by atoms with Crippen molar-refractivity contribution in [2.24, 2.45) is 0 Å². The van der Waals surface area contributed by atoms with Crippen molar-refractivity contribution in [1.29, 1.82) is 0 Å². The van der Waals surface area contributed by atoms with Crippen LogP contribution in [-0.4, -0.2) is 23.6 Å². The van der Waals surface area contributed by atoms with E-state index in [9.17, 15) is 4.79 Å².